The number of hydrogen-bond donors (Lipinski definition) is 3. The minimum Gasteiger partial charge on any atom is -0.508 e. The highest BCUT2D eigenvalue weighted by Crippen LogP contribution is 2.24. The van der Waals surface area contributed by atoms with Crippen LogP contribution in [-0.2, 0) is 26.2 Å². The molecule has 4 aromatic rings. The minimum absolute atomic E-state index is 0.0682. The van der Waals surface area contributed by atoms with E-state index in [1.807, 2.05) is 36.4 Å². The largest absolute Gasteiger partial charge is 0.508 e. The van der Waals surface area contributed by atoms with Crippen LogP contribution in [0, 0.1) is 0 Å². The van der Waals surface area contributed by atoms with Gasteiger partial charge in [0.1, 0.15) is 23.4 Å². The van der Waals surface area contributed by atoms with Gasteiger partial charge in [0, 0.05) is 35.5 Å². The van der Waals surface area contributed by atoms with Gasteiger partial charge in [0.25, 0.3) is 5.91 Å². The van der Waals surface area contributed by atoms with Crippen LogP contribution in [-0.4, -0.2) is 50.5 Å². The number of aromatic hydroxyl groups is 1. The summed E-state index contributed by atoms with van der Waals surface area (Å²) in [6.45, 7) is 13.1. The molecule has 0 aliphatic carbocycles. The summed E-state index contributed by atoms with van der Waals surface area (Å²) in [5.74, 6) is -0.751. The molecule has 240 valence electrons. The normalized spacial score (nSPS) is 12.9. The number of rotatable bonds is 9. The molecule has 0 fully saturated rings. The Labute approximate surface area is 270 Å². The molecule has 4 rings (SSSR count). The van der Waals surface area contributed by atoms with Crippen LogP contribution in [0.4, 0.5) is 0 Å². The van der Waals surface area contributed by atoms with Gasteiger partial charge >= 0.3 is 5.97 Å². The first-order valence-corrected chi connectivity index (χ1v) is 15.2. The van der Waals surface area contributed by atoms with Gasteiger partial charge in [0.15, 0.2) is 5.82 Å². The maximum atomic E-state index is 13.5. The van der Waals surface area contributed by atoms with Crippen molar-refractivity contribution in [2.24, 2.45) is 0 Å². The number of nitrogens with one attached hydrogen (secondary N) is 2. The molecule has 0 bridgehead atoms. The highest BCUT2D eigenvalue weighted by molar-refractivity contribution is 5.98. The van der Waals surface area contributed by atoms with Crippen molar-refractivity contribution in [1.29, 1.82) is 0 Å². The Morgan fingerprint density at radius 3 is 1.87 bits per heavy atom. The summed E-state index contributed by atoms with van der Waals surface area (Å²) in [4.78, 5) is 48.3. The number of aromatic nitrogens is 2. The van der Waals surface area contributed by atoms with Crippen molar-refractivity contribution >= 4 is 17.8 Å². The molecule has 1 heterocycles. The lowest BCUT2D eigenvalue weighted by Crippen LogP contribution is -2.52. The van der Waals surface area contributed by atoms with E-state index >= 15 is 0 Å². The van der Waals surface area contributed by atoms with Gasteiger partial charge in [-0.25, -0.2) is 14.8 Å². The van der Waals surface area contributed by atoms with Crippen molar-refractivity contribution < 1.29 is 24.2 Å². The fraction of sp³-hybridized carbons (Fsp3) is 0.324. The summed E-state index contributed by atoms with van der Waals surface area (Å²) in [6, 6.07) is 19.7. The topological polar surface area (TPSA) is 131 Å². The highest BCUT2D eigenvalue weighted by Gasteiger charge is 2.28. The van der Waals surface area contributed by atoms with Crippen LogP contribution >= 0.6 is 0 Å². The lowest BCUT2D eigenvalue weighted by atomic mass is 9.86. The first-order chi connectivity index (χ1) is 21.6. The highest BCUT2D eigenvalue weighted by atomic mass is 16.6. The Balaban J connectivity index is 1.51. The van der Waals surface area contributed by atoms with Crippen molar-refractivity contribution in [3.8, 4) is 28.3 Å². The van der Waals surface area contributed by atoms with Crippen LogP contribution in [0.3, 0.4) is 0 Å². The van der Waals surface area contributed by atoms with Gasteiger partial charge in [-0.1, -0.05) is 69.3 Å². The molecule has 2 atom stereocenters. The molecule has 0 saturated carbocycles. The number of hydrogen-bond acceptors (Lipinski definition) is 7. The van der Waals surface area contributed by atoms with Gasteiger partial charge in [-0.3, -0.25) is 9.59 Å². The molecule has 1 aromatic heterocycles. The second-order valence-electron chi connectivity index (χ2n) is 13.4. The number of nitrogens with zero attached hydrogens (tertiary/aromatic N) is 2. The van der Waals surface area contributed by atoms with Crippen LogP contribution in [0.5, 0.6) is 5.75 Å². The molecule has 3 N–H and O–H groups in total. The Morgan fingerprint density at radius 1 is 0.761 bits per heavy atom. The molecule has 2 unspecified atom stereocenters. The van der Waals surface area contributed by atoms with Gasteiger partial charge < -0.3 is 20.5 Å². The fourth-order valence-electron chi connectivity index (χ4n) is 4.64. The van der Waals surface area contributed by atoms with E-state index in [4.69, 9.17) is 4.74 Å². The molecule has 2 amide bonds. The molecule has 3 aromatic carbocycles. The number of carbonyl (C=O) groups is 3. The van der Waals surface area contributed by atoms with Crippen molar-refractivity contribution in [3.63, 3.8) is 0 Å². The lowest BCUT2D eigenvalue weighted by molar-refractivity contribution is -0.158. The van der Waals surface area contributed by atoms with Gasteiger partial charge in [0.05, 0.1) is 0 Å². The van der Waals surface area contributed by atoms with Crippen LogP contribution < -0.4 is 10.6 Å². The average molecular weight is 623 g/mol. The average Bonchev–Trinajstić information content (AvgIpc) is 3.00. The minimum atomic E-state index is -0.966. The zero-order chi connectivity index (χ0) is 33.6. The number of ether oxygens (including phenoxy) is 1. The maximum absolute atomic E-state index is 13.5. The van der Waals surface area contributed by atoms with E-state index in [9.17, 15) is 19.5 Å². The van der Waals surface area contributed by atoms with Crippen molar-refractivity contribution in [3.05, 3.63) is 102 Å². The molecule has 9 heteroatoms. The summed E-state index contributed by atoms with van der Waals surface area (Å²) < 4.78 is 5.42. The molecule has 0 aliphatic heterocycles. The number of amides is 2. The number of esters is 1. The predicted octanol–water partition coefficient (Wildman–Crippen LogP) is 6.00. The van der Waals surface area contributed by atoms with Crippen LogP contribution in [0.2, 0.25) is 0 Å². The van der Waals surface area contributed by atoms with E-state index in [1.54, 1.807) is 76.5 Å². The first-order valence-electron chi connectivity index (χ1n) is 15.2. The van der Waals surface area contributed by atoms with E-state index in [0.29, 0.717) is 11.4 Å². The Hall–Kier alpha value is -5.05. The quantitative estimate of drug-likeness (QED) is 0.195. The summed E-state index contributed by atoms with van der Waals surface area (Å²) in [5.41, 5.74) is 4.01. The molecule has 0 saturated heterocycles. The summed E-state index contributed by atoms with van der Waals surface area (Å²) in [6.07, 6.45) is 3.62. The zero-order valence-corrected chi connectivity index (χ0v) is 27.4. The Morgan fingerprint density at radius 2 is 1.33 bits per heavy atom. The number of carbonyl (C=O) groups excluding carboxylic acids is 3. The van der Waals surface area contributed by atoms with Gasteiger partial charge in [0.2, 0.25) is 5.91 Å². The third-order valence-corrected chi connectivity index (χ3v) is 7.26. The summed E-state index contributed by atoms with van der Waals surface area (Å²) >= 11 is 0. The second-order valence-corrected chi connectivity index (χ2v) is 13.4. The number of benzene rings is 3. The molecular formula is C37H42N4O5. The monoisotopic (exact) mass is 622 g/mol. The maximum Gasteiger partial charge on any atom is 0.328 e. The van der Waals surface area contributed by atoms with Crippen molar-refractivity contribution in [1.82, 2.24) is 20.6 Å². The second kappa shape index (κ2) is 13.9. The SMILES string of the molecule is CC(NC(=O)C(Cc1ccc(-c2ncc(-c3ccc(O)cc3)cn2)cc1)NC(=O)c1ccc(C(C)(C)C)cc1)C(=O)OC(C)(C)C. The smallest absolute Gasteiger partial charge is 0.328 e. The molecule has 9 nitrogen and oxygen atoms in total. The molecular weight excluding hydrogens is 580 g/mol. The van der Waals surface area contributed by atoms with E-state index < -0.39 is 35.5 Å². The third-order valence-electron chi connectivity index (χ3n) is 7.26. The summed E-state index contributed by atoms with van der Waals surface area (Å²) in [7, 11) is 0. The van der Waals surface area contributed by atoms with Crippen LogP contribution in [0.1, 0.15) is 70.0 Å². The van der Waals surface area contributed by atoms with Crippen LogP contribution in [0.15, 0.2) is 85.2 Å². The van der Waals surface area contributed by atoms with Crippen molar-refractivity contribution in [2.75, 3.05) is 0 Å². The number of phenols is 1. The zero-order valence-electron chi connectivity index (χ0n) is 27.4. The van der Waals surface area contributed by atoms with Gasteiger partial charge in [-0.15, -0.1) is 0 Å². The molecule has 0 radical (unpaired) electrons. The molecule has 0 spiro atoms. The fourth-order valence-corrected chi connectivity index (χ4v) is 4.64. The standard InChI is InChI=1S/C37H42N4O5/c1-23(35(45)46-37(5,6)7)40-34(44)31(41-33(43)27-12-16-29(17-13-27)36(2,3)4)20-24-8-10-26(11-9-24)32-38-21-28(22-39-32)25-14-18-30(42)19-15-25/h8-19,21-23,31,42H,20H2,1-7H3,(H,40,44)(H,41,43). The third kappa shape index (κ3) is 9.23. The lowest BCUT2D eigenvalue weighted by Gasteiger charge is -2.25. The van der Waals surface area contributed by atoms with E-state index in [0.717, 1.165) is 27.8 Å². The summed E-state index contributed by atoms with van der Waals surface area (Å²) in [5, 5.41) is 15.1. The van der Waals surface area contributed by atoms with Crippen molar-refractivity contribution in [2.45, 2.75) is 78.0 Å². The van der Waals surface area contributed by atoms with Gasteiger partial charge in [-0.2, -0.15) is 0 Å². The Kier molecular flexibility index (Phi) is 10.2. The van der Waals surface area contributed by atoms with Gasteiger partial charge in [-0.05, 0) is 74.1 Å². The molecule has 46 heavy (non-hydrogen) atoms. The first kappa shape index (κ1) is 33.8. The van der Waals surface area contributed by atoms with E-state index in [-0.39, 0.29) is 17.6 Å². The Bertz CT molecular complexity index is 1650. The van der Waals surface area contributed by atoms with Crippen LogP contribution in [0.25, 0.3) is 22.5 Å². The predicted molar refractivity (Wildman–Crippen MR) is 178 cm³/mol. The molecule has 0 aliphatic rings. The van der Waals surface area contributed by atoms with E-state index in [1.165, 1.54) is 0 Å². The van der Waals surface area contributed by atoms with E-state index in [2.05, 4.69) is 41.4 Å². The number of phenolic OH excluding ortho intramolecular Hbond substituents is 1.